The number of aromatic nitrogens is 1. The van der Waals surface area contributed by atoms with Gasteiger partial charge >= 0.3 is 0 Å². The van der Waals surface area contributed by atoms with Gasteiger partial charge in [0.25, 0.3) is 0 Å². The summed E-state index contributed by atoms with van der Waals surface area (Å²) in [6, 6.07) is 4.22. The van der Waals surface area contributed by atoms with Gasteiger partial charge in [0, 0.05) is 11.9 Å². The second kappa shape index (κ2) is 6.64. The van der Waals surface area contributed by atoms with Crippen molar-refractivity contribution in [1.82, 2.24) is 4.98 Å². The lowest BCUT2D eigenvalue weighted by Crippen LogP contribution is -1.94. The van der Waals surface area contributed by atoms with Gasteiger partial charge in [0.05, 0.1) is 0 Å². The molecule has 0 radical (unpaired) electrons. The molecular weight excluding hydrogens is 158 g/mol. The van der Waals surface area contributed by atoms with Crippen LogP contribution < -0.4 is 0 Å². The molecule has 0 spiro atoms. The van der Waals surface area contributed by atoms with Gasteiger partial charge in [0.1, 0.15) is 0 Å². The average molecular weight is 179 g/mol. The van der Waals surface area contributed by atoms with E-state index in [0.717, 1.165) is 18.0 Å². The topological polar surface area (TPSA) is 12.9 Å². The normalized spacial score (nSPS) is 9.38. The zero-order chi connectivity index (χ0) is 10.3. The largest absolute Gasteiger partial charge is 0.261 e. The average Bonchev–Trinajstić information content (AvgIpc) is 2.12. The third kappa shape index (κ3) is 5.40. The molecule has 0 saturated carbocycles. The van der Waals surface area contributed by atoms with E-state index in [1.54, 1.807) is 0 Å². The Balaban J connectivity index is 0.000000671. The van der Waals surface area contributed by atoms with Gasteiger partial charge in [-0.3, -0.25) is 4.98 Å². The maximum atomic E-state index is 4.23. The van der Waals surface area contributed by atoms with Crippen molar-refractivity contribution in [2.24, 2.45) is 5.92 Å². The summed E-state index contributed by atoms with van der Waals surface area (Å²) in [4.78, 5) is 4.23. The van der Waals surface area contributed by atoms with Crippen molar-refractivity contribution in [2.75, 3.05) is 0 Å². The molecule has 1 aromatic rings. The summed E-state index contributed by atoms with van der Waals surface area (Å²) in [6.45, 7) is 10.5. The van der Waals surface area contributed by atoms with Crippen LogP contribution in [0.25, 0.3) is 0 Å². The van der Waals surface area contributed by atoms with Crippen molar-refractivity contribution in [1.29, 1.82) is 0 Å². The monoisotopic (exact) mass is 179 g/mol. The Bertz CT molecular complexity index is 211. The third-order valence-electron chi connectivity index (χ3n) is 1.62. The standard InChI is InChI=1S/C10H15N.C2H6/c1-8(2)6-10-5-4-9(3)11-7-10;1-2/h4-5,7-8H,6H2,1-3H3;1-2H3. The van der Waals surface area contributed by atoms with E-state index in [4.69, 9.17) is 0 Å². The molecule has 0 aliphatic carbocycles. The highest BCUT2D eigenvalue weighted by Crippen LogP contribution is 2.06. The quantitative estimate of drug-likeness (QED) is 0.675. The van der Waals surface area contributed by atoms with E-state index in [2.05, 4.69) is 31.0 Å². The lowest BCUT2D eigenvalue weighted by molar-refractivity contribution is 0.645. The number of rotatable bonds is 2. The Kier molecular flexibility index (Phi) is 6.21. The van der Waals surface area contributed by atoms with Crippen LogP contribution in [0.2, 0.25) is 0 Å². The van der Waals surface area contributed by atoms with E-state index in [1.807, 2.05) is 27.0 Å². The van der Waals surface area contributed by atoms with E-state index >= 15 is 0 Å². The number of nitrogens with zero attached hydrogens (tertiary/aromatic N) is 1. The molecule has 0 bridgehead atoms. The van der Waals surface area contributed by atoms with Gasteiger partial charge in [0.2, 0.25) is 0 Å². The third-order valence-corrected chi connectivity index (χ3v) is 1.62. The van der Waals surface area contributed by atoms with Crippen molar-refractivity contribution >= 4 is 0 Å². The molecule has 0 atom stereocenters. The van der Waals surface area contributed by atoms with E-state index in [1.165, 1.54) is 5.56 Å². The molecule has 0 aliphatic heterocycles. The number of hydrogen-bond donors (Lipinski definition) is 0. The molecule has 1 aromatic heterocycles. The molecule has 1 nitrogen and oxygen atoms in total. The minimum absolute atomic E-state index is 0.722. The van der Waals surface area contributed by atoms with Crippen molar-refractivity contribution in [3.05, 3.63) is 29.6 Å². The first-order valence-corrected chi connectivity index (χ1v) is 5.10. The summed E-state index contributed by atoms with van der Waals surface area (Å²) in [5.74, 6) is 0.722. The molecule has 0 aliphatic rings. The molecule has 0 fully saturated rings. The van der Waals surface area contributed by atoms with Crippen molar-refractivity contribution in [3.8, 4) is 0 Å². The summed E-state index contributed by atoms with van der Waals surface area (Å²) in [5.41, 5.74) is 2.43. The van der Waals surface area contributed by atoms with Crippen LogP contribution in [-0.2, 0) is 6.42 Å². The fraction of sp³-hybridized carbons (Fsp3) is 0.583. The summed E-state index contributed by atoms with van der Waals surface area (Å²) in [6.07, 6.45) is 3.10. The van der Waals surface area contributed by atoms with E-state index in [0.29, 0.717) is 0 Å². The zero-order valence-electron chi connectivity index (χ0n) is 9.46. The predicted octanol–water partition coefficient (Wildman–Crippen LogP) is 3.61. The molecule has 0 N–H and O–H groups in total. The Hall–Kier alpha value is -0.850. The summed E-state index contributed by atoms with van der Waals surface area (Å²) >= 11 is 0. The van der Waals surface area contributed by atoms with Crippen LogP contribution >= 0.6 is 0 Å². The first-order valence-electron chi connectivity index (χ1n) is 5.10. The number of pyridine rings is 1. The molecule has 13 heavy (non-hydrogen) atoms. The van der Waals surface area contributed by atoms with Gasteiger partial charge in [0.15, 0.2) is 0 Å². The Morgan fingerprint density at radius 1 is 1.23 bits per heavy atom. The Morgan fingerprint density at radius 2 is 1.85 bits per heavy atom. The van der Waals surface area contributed by atoms with Crippen LogP contribution in [0.15, 0.2) is 18.3 Å². The molecule has 1 heterocycles. The second-order valence-electron chi connectivity index (χ2n) is 3.41. The number of aryl methyl sites for hydroxylation is 1. The number of hydrogen-bond acceptors (Lipinski definition) is 1. The van der Waals surface area contributed by atoms with E-state index in [9.17, 15) is 0 Å². The van der Waals surface area contributed by atoms with Crippen LogP contribution in [-0.4, -0.2) is 4.98 Å². The van der Waals surface area contributed by atoms with Crippen LogP contribution in [0.5, 0.6) is 0 Å². The summed E-state index contributed by atoms with van der Waals surface area (Å²) in [5, 5.41) is 0. The minimum Gasteiger partial charge on any atom is -0.261 e. The van der Waals surface area contributed by atoms with Crippen LogP contribution in [0.4, 0.5) is 0 Å². The highest BCUT2D eigenvalue weighted by atomic mass is 14.7. The van der Waals surface area contributed by atoms with Gasteiger partial charge in [-0.2, -0.15) is 0 Å². The maximum absolute atomic E-state index is 4.23. The fourth-order valence-corrected chi connectivity index (χ4v) is 1.09. The summed E-state index contributed by atoms with van der Waals surface area (Å²) in [7, 11) is 0. The SMILES string of the molecule is CC.Cc1ccc(CC(C)C)cn1. The molecule has 1 rings (SSSR count). The molecule has 1 heteroatoms. The Morgan fingerprint density at radius 3 is 2.23 bits per heavy atom. The molecule has 74 valence electrons. The lowest BCUT2D eigenvalue weighted by Gasteiger charge is -2.03. The maximum Gasteiger partial charge on any atom is 0.0372 e. The van der Waals surface area contributed by atoms with Crippen LogP contribution in [0, 0.1) is 12.8 Å². The van der Waals surface area contributed by atoms with E-state index < -0.39 is 0 Å². The van der Waals surface area contributed by atoms with Gasteiger partial charge in [-0.05, 0) is 30.9 Å². The zero-order valence-corrected chi connectivity index (χ0v) is 9.46. The minimum atomic E-state index is 0.722. The van der Waals surface area contributed by atoms with Crippen molar-refractivity contribution < 1.29 is 0 Å². The molecular formula is C12H21N. The van der Waals surface area contributed by atoms with Gasteiger partial charge in [-0.15, -0.1) is 0 Å². The summed E-state index contributed by atoms with van der Waals surface area (Å²) < 4.78 is 0. The highest BCUT2D eigenvalue weighted by Gasteiger charge is 1.96. The molecule has 0 amide bonds. The predicted molar refractivity (Wildman–Crippen MR) is 58.9 cm³/mol. The van der Waals surface area contributed by atoms with E-state index in [-0.39, 0.29) is 0 Å². The fourth-order valence-electron chi connectivity index (χ4n) is 1.09. The molecule has 0 unspecified atom stereocenters. The van der Waals surface area contributed by atoms with Gasteiger partial charge in [-0.25, -0.2) is 0 Å². The molecule has 0 aromatic carbocycles. The van der Waals surface area contributed by atoms with Gasteiger partial charge in [-0.1, -0.05) is 33.8 Å². The first kappa shape index (κ1) is 12.2. The second-order valence-corrected chi connectivity index (χ2v) is 3.41. The van der Waals surface area contributed by atoms with Crippen molar-refractivity contribution in [2.45, 2.75) is 41.0 Å². The molecule has 0 saturated heterocycles. The van der Waals surface area contributed by atoms with Crippen molar-refractivity contribution in [3.63, 3.8) is 0 Å². The van der Waals surface area contributed by atoms with Crippen LogP contribution in [0.1, 0.15) is 39.0 Å². The van der Waals surface area contributed by atoms with Crippen LogP contribution in [0.3, 0.4) is 0 Å². The Labute approximate surface area is 82.2 Å². The lowest BCUT2D eigenvalue weighted by atomic mass is 10.0. The highest BCUT2D eigenvalue weighted by molar-refractivity contribution is 5.13. The van der Waals surface area contributed by atoms with Gasteiger partial charge < -0.3 is 0 Å². The first-order chi connectivity index (χ1) is 6.18. The smallest absolute Gasteiger partial charge is 0.0372 e.